The molecule has 13 heteroatoms. The number of hydrogen-bond donors (Lipinski definition) is 5. The van der Waals surface area contributed by atoms with E-state index in [2.05, 4.69) is 29.3 Å². The number of piperidine rings is 1. The number of likely N-dealkylation sites (tertiary alicyclic amines) is 1. The van der Waals surface area contributed by atoms with Crippen LogP contribution in [0, 0.1) is 5.92 Å². The van der Waals surface area contributed by atoms with Crippen LogP contribution in [0.15, 0.2) is 29.3 Å². The highest BCUT2D eigenvalue weighted by molar-refractivity contribution is 5.86. The van der Waals surface area contributed by atoms with Crippen molar-refractivity contribution in [1.82, 2.24) is 15.5 Å². The van der Waals surface area contributed by atoms with Gasteiger partial charge in [-0.25, -0.2) is 4.79 Å². The number of nitrogens with two attached hydrogens (primary N) is 2. The SMILES string of the molecule is C=C1CC[C@@]2(O)[C@@H]3Cc4ccc(OC(=O)N(C)CCNC(=O)[C@H](CCCN=C(N)N)NC(C)=O)c5c4[C@@]2(CC[N+]3(C)CC2CC2)[C@H]1O5. The van der Waals surface area contributed by atoms with E-state index in [1.807, 2.05) is 12.1 Å². The number of nitrogens with zero attached hydrogens (tertiary/aromatic N) is 3. The number of carbonyl (C=O) groups excluding carboxylic acids is 3. The molecule has 13 nitrogen and oxygen atoms in total. The van der Waals surface area contributed by atoms with Crippen molar-refractivity contribution in [2.75, 3.05) is 46.8 Å². The van der Waals surface area contributed by atoms with Crippen LogP contribution in [0.25, 0.3) is 0 Å². The number of amides is 3. The molecule has 1 unspecified atom stereocenters. The summed E-state index contributed by atoms with van der Waals surface area (Å²) in [6, 6.07) is 3.18. The van der Waals surface area contributed by atoms with Crippen LogP contribution < -0.4 is 31.6 Å². The van der Waals surface area contributed by atoms with Crippen molar-refractivity contribution in [2.24, 2.45) is 22.4 Å². The van der Waals surface area contributed by atoms with E-state index in [0.29, 0.717) is 43.7 Å². The van der Waals surface area contributed by atoms with Gasteiger partial charge in [0.2, 0.25) is 11.8 Å². The van der Waals surface area contributed by atoms with Gasteiger partial charge in [0.25, 0.3) is 0 Å². The summed E-state index contributed by atoms with van der Waals surface area (Å²) in [5.74, 6) is 0.889. The fraction of sp³-hybridized carbons (Fsp3) is 0.647. The predicted molar refractivity (Wildman–Crippen MR) is 176 cm³/mol. The maximum absolute atomic E-state index is 13.3. The van der Waals surface area contributed by atoms with Crippen LogP contribution in [0.3, 0.4) is 0 Å². The normalized spacial score (nSPS) is 30.3. The number of benzene rings is 1. The summed E-state index contributed by atoms with van der Waals surface area (Å²) >= 11 is 0. The summed E-state index contributed by atoms with van der Waals surface area (Å²) in [5.41, 5.74) is 12.3. The van der Waals surface area contributed by atoms with E-state index < -0.39 is 23.2 Å². The average molecular weight is 653 g/mol. The average Bonchev–Trinajstić information content (AvgIpc) is 3.74. The van der Waals surface area contributed by atoms with E-state index in [4.69, 9.17) is 20.9 Å². The Morgan fingerprint density at radius 2 is 2.04 bits per heavy atom. The zero-order valence-electron chi connectivity index (χ0n) is 27.8. The van der Waals surface area contributed by atoms with Crippen molar-refractivity contribution >= 4 is 23.9 Å². The zero-order valence-corrected chi connectivity index (χ0v) is 27.8. The Morgan fingerprint density at radius 3 is 2.74 bits per heavy atom. The zero-order chi connectivity index (χ0) is 33.7. The van der Waals surface area contributed by atoms with Gasteiger partial charge in [-0.2, -0.15) is 0 Å². The first-order valence-corrected chi connectivity index (χ1v) is 16.9. The Labute approximate surface area is 276 Å². The lowest BCUT2D eigenvalue weighted by Crippen LogP contribution is -2.80. The van der Waals surface area contributed by atoms with Crippen LogP contribution in [0.2, 0.25) is 0 Å². The Bertz CT molecular complexity index is 1490. The molecule has 256 valence electrons. The number of guanidine groups is 1. The second-order valence-electron chi connectivity index (χ2n) is 14.6. The summed E-state index contributed by atoms with van der Waals surface area (Å²) in [7, 11) is 3.93. The van der Waals surface area contributed by atoms with Crippen LogP contribution >= 0.6 is 0 Å². The molecule has 1 aromatic carbocycles. The molecule has 0 radical (unpaired) electrons. The molecular formula is C34H50N7O6+. The molecule has 1 saturated heterocycles. The van der Waals surface area contributed by atoms with Crippen LogP contribution in [-0.4, -0.2) is 109 Å². The van der Waals surface area contributed by atoms with E-state index >= 15 is 0 Å². The molecule has 2 heterocycles. The number of likely N-dealkylation sites (N-methyl/N-ethyl adjacent to an activating group) is 2. The standard InChI is InChI=1S/C34H49N7O6/c1-20-11-12-34(45)26-18-23-9-10-25(28-27(23)33(34,29(20)47-28)13-17-41(26,4)19-22-7-8-22)46-32(44)40(3)16-15-37-30(43)24(39-21(2)42)6-5-14-38-31(35)36/h9-10,22,24,26,29,45H,1,5-8,11-19H2,2-4H3,(H5-,35,36,37,38,39,42,43)/p+1/t24-,26-,29-,33-,34+,41?/m0/s1. The van der Waals surface area contributed by atoms with Crippen molar-refractivity contribution in [3.63, 3.8) is 0 Å². The summed E-state index contributed by atoms with van der Waals surface area (Å²) in [4.78, 5) is 43.0. The van der Waals surface area contributed by atoms with Crippen LogP contribution in [0.1, 0.15) is 63.0 Å². The molecule has 2 aliphatic heterocycles. The van der Waals surface area contributed by atoms with Gasteiger partial charge in [-0.3, -0.25) is 14.6 Å². The van der Waals surface area contributed by atoms with Crippen LogP contribution in [0.5, 0.6) is 11.5 Å². The Hall–Kier alpha value is -3.84. The fourth-order valence-corrected chi connectivity index (χ4v) is 8.89. The minimum Gasteiger partial charge on any atom is -0.481 e. The van der Waals surface area contributed by atoms with Gasteiger partial charge < -0.3 is 46.1 Å². The molecule has 3 aliphatic carbocycles. The molecule has 2 bridgehead atoms. The van der Waals surface area contributed by atoms with Crippen molar-refractivity contribution in [3.8, 4) is 11.5 Å². The summed E-state index contributed by atoms with van der Waals surface area (Å²) in [6.45, 7) is 8.47. The molecule has 3 amide bonds. The summed E-state index contributed by atoms with van der Waals surface area (Å²) in [6.07, 6.45) is 5.36. The number of aliphatic imine (C=N–C) groups is 1. The molecule has 2 saturated carbocycles. The Kier molecular flexibility index (Phi) is 8.67. The first-order valence-electron chi connectivity index (χ1n) is 16.9. The van der Waals surface area contributed by atoms with Crippen molar-refractivity contribution in [3.05, 3.63) is 35.4 Å². The quantitative estimate of drug-likeness (QED) is 0.0731. The number of hydrogen-bond acceptors (Lipinski definition) is 7. The minimum absolute atomic E-state index is 0.0326. The summed E-state index contributed by atoms with van der Waals surface area (Å²) < 4.78 is 13.5. The van der Waals surface area contributed by atoms with E-state index in [9.17, 15) is 19.5 Å². The number of nitrogens with one attached hydrogen (secondary N) is 2. The van der Waals surface area contributed by atoms with Gasteiger partial charge >= 0.3 is 6.09 Å². The molecule has 1 aromatic rings. The van der Waals surface area contributed by atoms with E-state index in [1.54, 1.807) is 7.05 Å². The number of quaternary nitrogens is 1. The largest absolute Gasteiger partial charge is 0.481 e. The predicted octanol–water partition coefficient (Wildman–Crippen LogP) is 1.06. The van der Waals surface area contributed by atoms with Gasteiger partial charge in [-0.05, 0) is 55.7 Å². The van der Waals surface area contributed by atoms with Gasteiger partial charge in [0, 0.05) is 57.9 Å². The molecule has 5 aliphatic rings. The van der Waals surface area contributed by atoms with E-state index in [-0.39, 0.29) is 43.0 Å². The highest BCUT2D eigenvalue weighted by Gasteiger charge is 2.75. The monoisotopic (exact) mass is 652 g/mol. The molecule has 47 heavy (non-hydrogen) atoms. The summed E-state index contributed by atoms with van der Waals surface area (Å²) in [5, 5.41) is 18.2. The van der Waals surface area contributed by atoms with Crippen molar-refractivity contribution in [1.29, 1.82) is 0 Å². The lowest BCUT2D eigenvalue weighted by Gasteiger charge is -2.65. The van der Waals surface area contributed by atoms with Crippen molar-refractivity contribution in [2.45, 2.75) is 87.5 Å². The molecule has 1 spiro atoms. The third-order valence-electron chi connectivity index (χ3n) is 11.3. The maximum atomic E-state index is 13.3. The smallest absolute Gasteiger partial charge is 0.415 e. The van der Waals surface area contributed by atoms with Gasteiger partial charge in [0.15, 0.2) is 17.5 Å². The molecule has 3 fully saturated rings. The Balaban J connectivity index is 1.14. The number of aliphatic hydroxyl groups is 1. The van der Waals surface area contributed by atoms with Crippen LogP contribution in [-0.2, 0) is 21.4 Å². The highest BCUT2D eigenvalue weighted by Crippen LogP contribution is 2.67. The topological polar surface area (TPSA) is 182 Å². The van der Waals surface area contributed by atoms with Crippen molar-refractivity contribution < 1.29 is 33.4 Å². The lowest BCUT2D eigenvalue weighted by molar-refractivity contribution is -0.950. The second-order valence-corrected chi connectivity index (χ2v) is 14.6. The van der Waals surface area contributed by atoms with Gasteiger partial charge in [-0.1, -0.05) is 12.6 Å². The minimum atomic E-state index is -0.934. The number of rotatable bonds is 12. The van der Waals surface area contributed by atoms with E-state index in [1.165, 1.54) is 24.7 Å². The van der Waals surface area contributed by atoms with E-state index in [0.717, 1.165) is 53.0 Å². The maximum Gasteiger partial charge on any atom is 0.415 e. The molecule has 6 atom stereocenters. The molecule has 6 rings (SSSR count). The number of ether oxygens (including phenoxy) is 2. The van der Waals surface area contributed by atoms with Gasteiger partial charge in [0.1, 0.15) is 23.8 Å². The fourth-order valence-electron chi connectivity index (χ4n) is 8.89. The van der Waals surface area contributed by atoms with Crippen LogP contribution in [0.4, 0.5) is 4.79 Å². The highest BCUT2D eigenvalue weighted by atomic mass is 16.6. The van der Waals surface area contributed by atoms with Gasteiger partial charge in [-0.15, -0.1) is 0 Å². The third kappa shape index (κ3) is 5.81. The number of carbonyl (C=O) groups is 3. The second kappa shape index (κ2) is 12.3. The molecular weight excluding hydrogens is 602 g/mol. The molecule has 0 aromatic heterocycles. The first kappa shape index (κ1) is 33.1. The first-order chi connectivity index (χ1) is 22.3. The Morgan fingerprint density at radius 1 is 1.28 bits per heavy atom. The molecule has 7 N–H and O–H groups in total. The van der Waals surface area contributed by atoms with Gasteiger partial charge in [0.05, 0.1) is 25.6 Å². The third-order valence-corrected chi connectivity index (χ3v) is 11.3. The lowest BCUT2D eigenvalue weighted by atomic mass is 9.48.